The van der Waals surface area contributed by atoms with Crippen molar-refractivity contribution in [3.05, 3.63) is 70.3 Å². The molecular formula is C24H29NO2. The van der Waals surface area contributed by atoms with Gasteiger partial charge in [-0.15, -0.1) is 0 Å². The number of hydrogen-bond donors (Lipinski definition) is 1. The minimum atomic E-state index is -0.369. The van der Waals surface area contributed by atoms with Crippen molar-refractivity contribution >= 4 is 11.3 Å². The topological polar surface area (TPSA) is 32.7 Å². The summed E-state index contributed by atoms with van der Waals surface area (Å²) in [6.45, 7) is 10.4. The van der Waals surface area contributed by atoms with Gasteiger partial charge in [-0.05, 0) is 63.8 Å². The molecule has 4 rings (SSSR count). The molecule has 0 amide bonds. The lowest BCUT2D eigenvalue weighted by Gasteiger charge is -2.37. The van der Waals surface area contributed by atoms with E-state index in [1.165, 1.54) is 39.1 Å². The number of ether oxygens (including phenoxy) is 1. The number of nitrogens with zero attached hydrogens (tertiary/aromatic N) is 1. The van der Waals surface area contributed by atoms with Crippen molar-refractivity contribution < 1.29 is 9.84 Å². The van der Waals surface area contributed by atoms with E-state index in [-0.39, 0.29) is 24.5 Å². The normalized spacial score (nSPS) is 22.6. The predicted octanol–water partition coefficient (Wildman–Crippen LogP) is 5.46. The fourth-order valence-electron chi connectivity index (χ4n) is 4.72. The second kappa shape index (κ2) is 6.81. The van der Waals surface area contributed by atoms with Crippen LogP contribution in [-0.2, 0) is 4.74 Å². The lowest BCUT2D eigenvalue weighted by atomic mass is 9.93. The van der Waals surface area contributed by atoms with E-state index in [0.29, 0.717) is 6.42 Å². The Bertz CT molecular complexity index is 899. The second-order valence-electron chi connectivity index (χ2n) is 8.19. The van der Waals surface area contributed by atoms with Gasteiger partial charge < -0.3 is 14.7 Å². The molecule has 4 atom stereocenters. The molecule has 0 saturated carbocycles. The summed E-state index contributed by atoms with van der Waals surface area (Å²) in [5.41, 5.74) is 9.00. The van der Waals surface area contributed by atoms with Crippen LogP contribution in [0.4, 0.5) is 5.69 Å². The Morgan fingerprint density at radius 1 is 1.11 bits per heavy atom. The van der Waals surface area contributed by atoms with Crippen molar-refractivity contribution in [2.24, 2.45) is 0 Å². The van der Waals surface area contributed by atoms with Gasteiger partial charge in [0, 0.05) is 16.8 Å². The number of aryl methyl sites for hydroxylation is 2. The van der Waals surface area contributed by atoms with E-state index in [4.69, 9.17) is 4.74 Å². The highest BCUT2D eigenvalue weighted by Gasteiger charge is 2.42. The molecule has 2 aliphatic heterocycles. The van der Waals surface area contributed by atoms with Crippen LogP contribution in [0.2, 0.25) is 0 Å². The molecule has 2 aromatic rings. The number of hydrogen-bond acceptors (Lipinski definition) is 3. The van der Waals surface area contributed by atoms with Crippen LogP contribution in [0, 0.1) is 13.8 Å². The van der Waals surface area contributed by atoms with Gasteiger partial charge in [0.15, 0.2) is 6.23 Å². The minimum absolute atomic E-state index is 0.0264. The summed E-state index contributed by atoms with van der Waals surface area (Å²) >= 11 is 0. The lowest BCUT2D eigenvalue weighted by Crippen LogP contribution is -2.32. The number of rotatable bonds is 4. The van der Waals surface area contributed by atoms with E-state index >= 15 is 0 Å². The predicted molar refractivity (Wildman–Crippen MR) is 111 cm³/mol. The van der Waals surface area contributed by atoms with E-state index in [0.717, 1.165) is 0 Å². The first kappa shape index (κ1) is 18.3. The van der Waals surface area contributed by atoms with Crippen LogP contribution in [0.25, 0.3) is 5.57 Å². The largest absolute Gasteiger partial charge is 0.393 e. The number of anilines is 1. The number of aliphatic hydroxyl groups excluding tert-OH is 1. The molecule has 1 N–H and O–H groups in total. The zero-order valence-corrected chi connectivity index (χ0v) is 16.9. The minimum Gasteiger partial charge on any atom is -0.393 e. The zero-order valence-electron chi connectivity index (χ0n) is 16.9. The van der Waals surface area contributed by atoms with Crippen LogP contribution in [0.5, 0.6) is 0 Å². The van der Waals surface area contributed by atoms with E-state index in [2.05, 4.69) is 75.1 Å². The zero-order chi connectivity index (χ0) is 19.3. The fraction of sp³-hybridized carbons (Fsp3) is 0.417. The fourth-order valence-corrected chi connectivity index (χ4v) is 4.72. The van der Waals surface area contributed by atoms with E-state index in [1.54, 1.807) is 0 Å². The van der Waals surface area contributed by atoms with Crippen LogP contribution in [-0.4, -0.2) is 17.3 Å². The molecule has 0 saturated heterocycles. The Labute approximate surface area is 162 Å². The third-order valence-electron chi connectivity index (χ3n) is 5.73. The van der Waals surface area contributed by atoms with Gasteiger partial charge in [-0.25, -0.2) is 0 Å². The second-order valence-corrected chi connectivity index (χ2v) is 8.19. The summed E-state index contributed by atoms with van der Waals surface area (Å²) in [7, 11) is 0. The molecule has 0 aliphatic carbocycles. The van der Waals surface area contributed by atoms with E-state index in [1.807, 2.05) is 6.92 Å². The van der Waals surface area contributed by atoms with Crippen LogP contribution < -0.4 is 4.90 Å². The van der Waals surface area contributed by atoms with E-state index < -0.39 is 0 Å². The molecule has 0 radical (unpaired) electrons. The standard InChI is InChI=1S/C24H29NO2/c1-14-10-16(3)23-20(11-14)22-12-15(2)19-8-6-7-9-21(19)25(22)24(23)27-18(5)13-17(4)26/h6-12,17-18,22,24,26H,13H2,1-5H3/t17?,18?,22?,24-/m1/s1. The molecule has 3 nitrogen and oxygen atoms in total. The Hall–Kier alpha value is -2.10. The summed E-state index contributed by atoms with van der Waals surface area (Å²) in [4.78, 5) is 2.41. The molecular weight excluding hydrogens is 334 g/mol. The highest BCUT2D eigenvalue weighted by molar-refractivity contribution is 5.82. The quantitative estimate of drug-likeness (QED) is 0.783. The molecule has 0 fully saturated rings. The first-order valence-electron chi connectivity index (χ1n) is 9.87. The van der Waals surface area contributed by atoms with Gasteiger partial charge in [0.05, 0.1) is 18.2 Å². The van der Waals surface area contributed by atoms with Crippen molar-refractivity contribution in [1.82, 2.24) is 0 Å². The van der Waals surface area contributed by atoms with Crippen LogP contribution in [0.3, 0.4) is 0 Å². The summed E-state index contributed by atoms with van der Waals surface area (Å²) in [5.74, 6) is 0. The van der Waals surface area contributed by atoms with Crippen molar-refractivity contribution in [2.45, 2.75) is 65.5 Å². The van der Waals surface area contributed by atoms with Gasteiger partial charge in [-0.1, -0.05) is 42.0 Å². The maximum atomic E-state index is 9.80. The van der Waals surface area contributed by atoms with Crippen LogP contribution in [0.1, 0.15) is 67.3 Å². The third kappa shape index (κ3) is 3.09. The van der Waals surface area contributed by atoms with Crippen molar-refractivity contribution in [3.63, 3.8) is 0 Å². The molecule has 142 valence electrons. The first-order valence-corrected chi connectivity index (χ1v) is 9.87. The molecule has 3 unspecified atom stereocenters. The average Bonchev–Trinajstić information content (AvgIpc) is 2.88. The van der Waals surface area contributed by atoms with Gasteiger partial charge in [0.1, 0.15) is 0 Å². The summed E-state index contributed by atoms with van der Waals surface area (Å²) in [5, 5.41) is 9.80. The van der Waals surface area contributed by atoms with Gasteiger partial charge in [-0.2, -0.15) is 0 Å². The number of para-hydroxylation sites is 1. The number of benzene rings is 2. The molecule has 2 aromatic carbocycles. The third-order valence-corrected chi connectivity index (χ3v) is 5.73. The molecule has 0 aromatic heterocycles. The number of aliphatic hydroxyl groups is 1. The van der Waals surface area contributed by atoms with E-state index in [9.17, 15) is 5.11 Å². The summed E-state index contributed by atoms with van der Waals surface area (Å²) in [6, 6.07) is 13.3. The highest BCUT2D eigenvalue weighted by atomic mass is 16.5. The lowest BCUT2D eigenvalue weighted by molar-refractivity contribution is -0.0243. The smallest absolute Gasteiger partial charge is 0.158 e. The van der Waals surface area contributed by atoms with Crippen molar-refractivity contribution in [1.29, 1.82) is 0 Å². The van der Waals surface area contributed by atoms with Crippen LogP contribution >= 0.6 is 0 Å². The Balaban J connectivity index is 1.85. The molecule has 2 aliphatic rings. The van der Waals surface area contributed by atoms with Gasteiger partial charge in [-0.3, -0.25) is 0 Å². The van der Waals surface area contributed by atoms with Gasteiger partial charge in [0.25, 0.3) is 0 Å². The maximum Gasteiger partial charge on any atom is 0.158 e. The first-order chi connectivity index (χ1) is 12.9. The van der Waals surface area contributed by atoms with Gasteiger partial charge >= 0.3 is 0 Å². The molecule has 3 heteroatoms. The molecule has 0 spiro atoms. The molecule has 27 heavy (non-hydrogen) atoms. The van der Waals surface area contributed by atoms with Crippen molar-refractivity contribution in [3.8, 4) is 0 Å². The van der Waals surface area contributed by atoms with Gasteiger partial charge in [0.2, 0.25) is 0 Å². The highest BCUT2D eigenvalue weighted by Crippen LogP contribution is 2.53. The van der Waals surface area contributed by atoms with Crippen LogP contribution in [0.15, 0.2) is 42.5 Å². The Kier molecular flexibility index (Phi) is 4.61. The monoisotopic (exact) mass is 363 g/mol. The average molecular weight is 364 g/mol. The Morgan fingerprint density at radius 3 is 2.59 bits per heavy atom. The molecule has 0 bridgehead atoms. The number of fused-ring (bicyclic) bond motifs is 5. The molecule has 2 heterocycles. The Morgan fingerprint density at radius 2 is 1.85 bits per heavy atom. The van der Waals surface area contributed by atoms with Crippen molar-refractivity contribution in [2.75, 3.05) is 4.90 Å². The SMILES string of the molecule is CC1=CC2c3cc(C)cc(C)c3[C@@H](OC(C)CC(C)O)N2c2ccccc21. The summed E-state index contributed by atoms with van der Waals surface area (Å²) in [6.07, 6.45) is 2.46. The summed E-state index contributed by atoms with van der Waals surface area (Å²) < 4.78 is 6.57. The maximum absolute atomic E-state index is 9.80. The number of allylic oxidation sites excluding steroid dienone is 1.